The topological polar surface area (TPSA) is 0 Å². The highest BCUT2D eigenvalue weighted by Gasteiger charge is 2.09. The van der Waals surface area contributed by atoms with Crippen LogP contribution in [-0.2, 0) is 0 Å². The second-order valence-electron chi connectivity index (χ2n) is 2.90. The molecule has 0 aromatic rings. The van der Waals surface area contributed by atoms with Crippen molar-refractivity contribution in [2.45, 2.75) is 44.2 Å². The highest BCUT2D eigenvalue weighted by Crippen LogP contribution is 2.28. The minimum absolute atomic E-state index is 1.05. The van der Waals surface area contributed by atoms with E-state index in [9.17, 15) is 0 Å². The third kappa shape index (κ3) is 2.67. The molecule has 9 heavy (non-hydrogen) atoms. The van der Waals surface area contributed by atoms with Crippen LogP contribution in [0.4, 0.5) is 0 Å². The summed E-state index contributed by atoms with van der Waals surface area (Å²) in [7, 11) is 1.63. The molecule has 0 N–H and O–H groups in total. The average Bonchev–Trinajstić information content (AvgIpc) is 2.13. The van der Waals surface area contributed by atoms with Crippen LogP contribution < -0.4 is 0 Å². The third-order valence-corrected chi connectivity index (χ3v) is 3.44. The van der Waals surface area contributed by atoms with Gasteiger partial charge in [0.05, 0.1) is 0 Å². The van der Waals surface area contributed by atoms with Gasteiger partial charge in [-0.25, -0.2) is 0 Å². The summed E-state index contributed by atoms with van der Waals surface area (Å²) >= 11 is 0. The standard InChI is InChI=1S/C8H16P/c1-9-8-6-4-2-3-5-7-8/h8H,2-7H2,1H3. The summed E-state index contributed by atoms with van der Waals surface area (Å²) in [4.78, 5) is 0. The van der Waals surface area contributed by atoms with Crippen molar-refractivity contribution in [2.24, 2.45) is 0 Å². The molecule has 0 unspecified atom stereocenters. The van der Waals surface area contributed by atoms with Gasteiger partial charge in [-0.3, -0.25) is 0 Å². The highest BCUT2D eigenvalue weighted by atomic mass is 31.1. The Kier molecular flexibility index (Phi) is 3.58. The van der Waals surface area contributed by atoms with Crippen molar-refractivity contribution in [1.29, 1.82) is 0 Å². The molecule has 0 atom stereocenters. The predicted octanol–water partition coefficient (Wildman–Crippen LogP) is 3.29. The van der Waals surface area contributed by atoms with Crippen LogP contribution >= 0.6 is 8.58 Å². The maximum Gasteiger partial charge on any atom is -0.0173 e. The number of rotatable bonds is 1. The molecule has 53 valence electrons. The Morgan fingerprint density at radius 2 is 1.56 bits per heavy atom. The molecule has 0 aromatic carbocycles. The van der Waals surface area contributed by atoms with E-state index >= 15 is 0 Å². The summed E-state index contributed by atoms with van der Waals surface area (Å²) in [6.45, 7) is 2.30. The quantitative estimate of drug-likeness (QED) is 0.390. The van der Waals surface area contributed by atoms with Crippen molar-refractivity contribution in [1.82, 2.24) is 0 Å². The van der Waals surface area contributed by atoms with E-state index < -0.39 is 0 Å². The molecule has 1 aliphatic rings. The van der Waals surface area contributed by atoms with E-state index in [2.05, 4.69) is 6.66 Å². The Morgan fingerprint density at radius 1 is 1.00 bits per heavy atom. The van der Waals surface area contributed by atoms with Crippen LogP contribution in [0.25, 0.3) is 0 Å². The molecule has 1 aliphatic carbocycles. The van der Waals surface area contributed by atoms with Gasteiger partial charge in [0, 0.05) is 0 Å². The van der Waals surface area contributed by atoms with E-state index in [1.54, 1.807) is 8.58 Å². The van der Waals surface area contributed by atoms with Crippen LogP contribution in [0.3, 0.4) is 0 Å². The Balaban J connectivity index is 2.18. The zero-order valence-electron chi connectivity index (χ0n) is 6.27. The molecule has 0 aromatic heterocycles. The smallest absolute Gasteiger partial charge is 0.0173 e. The maximum absolute atomic E-state index is 2.30. The molecule has 0 amide bonds. The average molecular weight is 143 g/mol. The lowest BCUT2D eigenvalue weighted by Gasteiger charge is -2.07. The molecular formula is C8H16P. The van der Waals surface area contributed by atoms with Crippen molar-refractivity contribution >= 4 is 8.58 Å². The van der Waals surface area contributed by atoms with E-state index in [0.717, 1.165) is 5.66 Å². The first-order valence-corrected chi connectivity index (χ1v) is 5.43. The second kappa shape index (κ2) is 4.28. The SMILES string of the molecule is C[P]C1CCCCCC1. The molecule has 0 bridgehead atoms. The number of hydrogen-bond acceptors (Lipinski definition) is 0. The van der Waals surface area contributed by atoms with Gasteiger partial charge in [0.15, 0.2) is 0 Å². The molecule has 0 spiro atoms. The lowest BCUT2D eigenvalue weighted by molar-refractivity contribution is 0.702. The zero-order valence-corrected chi connectivity index (χ0v) is 7.16. The summed E-state index contributed by atoms with van der Waals surface area (Å²) in [6.07, 6.45) is 8.96. The fourth-order valence-electron chi connectivity index (χ4n) is 1.52. The van der Waals surface area contributed by atoms with Gasteiger partial charge in [0.2, 0.25) is 0 Å². The molecule has 0 heterocycles. The van der Waals surface area contributed by atoms with Crippen molar-refractivity contribution in [2.75, 3.05) is 6.66 Å². The summed E-state index contributed by atoms with van der Waals surface area (Å²) < 4.78 is 0. The van der Waals surface area contributed by atoms with Crippen molar-refractivity contribution in [3.63, 3.8) is 0 Å². The van der Waals surface area contributed by atoms with Crippen molar-refractivity contribution < 1.29 is 0 Å². The largest absolute Gasteiger partial charge is 0.0810 e. The van der Waals surface area contributed by atoms with Gasteiger partial charge in [-0.05, 0) is 25.2 Å². The van der Waals surface area contributed by atoms with E-state index in [4.69, 9.17) is 0 Å². The molecule has 1 fully saturated rings. The lowest BCUT2D eigenvalue weighted by atomic mass is 10.2. The van der Waals surface area contributed by atoms with Gasteiger partial charge in [-0.15, -0.1) is 0 Å². The first kappa shape index (κ1) is 7.54. The maximum atomic E-state index is 2.30. The third-order valence-electron chi connectivity index (χ3n) is 2.19. The fourth-order valence-corrected chi connectivity index (χ4v) is 2.40. The monoisotopic (exact) mass is 143 g/mol. The van der Waals surface area contributed by atoms with Crippen LogP contribution in [0, 0.1) is 0 Å². The van der Waals surface area contributed by atoms with Gasteiger partial charge in [0.1, 0.15) is 0 Å². The predicted molar refractivity (Wildman–Crippen MR) is 44.3 cm³/mol. The van der Waals surface area contributed by atoms with E-state index in [1.807, 2.05) is 0 Å². The van der Waals surface area contributed by atoms with Crippen LogP contribution in [0.15, 0.2) is 0 Å². The van der Waals surface area contributed by atoms with Crippen molar-refractivity contribution in [3.8, 4) is 0 Å². The van der Waals surface area contributed by atoms with Gasteiger partial charge in [-0.1, -0.05) is 34.3 Å². The molecule has 1 rings (SSSR count). The molecular weight excluding hydrogens is 127 g/mol. The molecule has 1 radical (unpaired) electrons. The first-order chi connectivity index (χ1) is 4.43. The van der Waals surface area contributed by atoms with Crippen LogP contribution in [-0.4, -0.2) is 12.3 Å². The molecule has 0 aliphatic heterocycles. The molecule has 1 heteroatoms. The Hall–Kier alpha value is 0.430. The van der Waals surface area contributed by atoms with Crippen molar-refractivity contribution in [3.05, 3.63) is 0 Å². The molecule has 0 saturated heterocycles. The number of hydrogen-bond donors (Lipinski definition) is 0. The first-order valence-electron chi connectivity index (χ1n) is 4.02. The van der Waals surface area contributed by atoms with Crippen LogP contribution in [0.1, 0.15) is 38.5 Å². The van der Waals surface area contributed by atoms with E-state index in [1.165, 1.54) is 38.5 Å². The van der Waals surface area contributed by atoms with Crippen LogP contribution in [0.5, 0.6) is 0 Å². The summed E-state index contributed by atoms with van der Waals surface area (Å²) in [5.74, 6) is 0. The summed E-state index contributed by atoms with van der Waals surface area (Å²) in [5, 5.41) is 0. The fraction of sp³-hybridized carbons (Fsp3) is 1.00. The summed E-state index contributed by atoms with van der Waals surface area (Å²) in [5.41, 5.74) is 1.05. The van der Waals surface area contributed by atoms with Gasteiger partial charge in [-0.2, -0.15) is 0 Å². The lowest BCUT2D eigenvalue weighted by Crippen LogP contribution is -1.95. The van der Waals surface area contributed by atoms with Gasteiger partial charge in [0.25, 0.3) is 0 Å². The Bertz CT molecular complexity index is 63.0. The van der Waals surface area contributed by atoms with Gasteiger partial charge >= 0.3 is 0 Å². The Labute approximate surface area is 60.2 Å². The second-order valence-corrected chi connectivity index (χ2v) is 4.15. The zero-order chi connectivity index (χ0) is 6.53. The van der Waals surface area contributed by atoms with E-state index in [-0.39, 0.29) is 0 Å². The summed E-state index contributed by atoms with van der Waals surface area (Å²) in [6, 6.07) is 0. The van der Waals surface area contributed by atoms with E-state index in [0.29, 0.717) is 0 Å². The van der Waals surface area contributed by atoms with Gasteiger partial charge < -0.3 is 0 Å². The molecule has 1 saturated carbocycles. The minimum Gasteiger partial charge on any atom is -0.0810 e. The molecule has 0 nitrogen and oxygen atoms in total. The Morgan fingerprint density at radius 3 is 2.00 bits per heavy atom. The highest BCUT2D eigenvalue weighted by molar-refractivity contribution is 7.37. The normalized spacial score (nSPS) is 25.0. The minimum atomic E-state index is 1.05. The van der Waals surface area contributed by atoms with Crippen LogP contribution in [0.2, 0.25) is 0 Å².